The highest BCUT2D eigenvalue weighted by Gasteiger charge is 2.48. The smallest absolute Gasteiger partial charge is 0.407 e. The van der Waals surface area contributed by atoms with Crippen LogP contribution in [-0.4, -0.2) is 41.3 Å². The third kappa shape index (κ3) is 7.08. The van der Waals surface area contributed by atoms with Crippen LogP contribution in [0.25, 0.3) is 0 Å². The second-order valence-corrected chi connectivity index (χ2v) is 9.26. The highest BCUT2D eigenvalue weighted by Crippen LogP contribution is 2.38. The normalized spacial score (nSPS) is 17.9. The summed E-state index contributed by atoms with van der Waals surface area (Å²) >= 11 is 0. The Morgan fingerprint density at radius 3 is 2.08 bits per heavy atom. The van der Waals surface area contributed by atoms with Gasteiger partial charge in [-0.15, -0.1) is 0 Å². The molecule has 0 unspecified atom stereocenters. The second kappa shape index (κ2) is 13.8. The second-order valence-electron chi connectivity index (χ2n) is 9.26. The van der Waals surface area contributed by atoms with E-state index in [4.69, 9.17) is 21.3 Å². The third-order valence-electron chi connectivity index (χ3n) is 6.84. The Kier molecular flexibility index (Phi) is 10.2. The zero-order valence-electron chi connectivity index (χ0n) is 21.1. The van der Waals surface area contributed by atoms with Gasteiger partial charge >= 0.3 is 6.09 Å². The number of carbonyl (C=O) groups is 2. The maximum atomic E-state index is 12.9. The fourth-order valence-corrected chi connectivity index (χ4v) is 4.99. The first-order chi connectivity index (χ1) is 18.5. The van der Waals surface area contributed by atoms with Gasteiger partial charge in [-0.2, -0.15) is 0 Å². The summed E-state index contributed by atoms with van der Waals surface area (Å²) in [7, 11) is 0. The van der Waals surface area contributed by atoms with E-state index in [1.807, 2.05) is 95.9 Å². The van der Waals surface area contributed by atoms with Crippen LogP contribution in [-0.2, 0) is 22.6 Å². The lowest BCUT2D eigenvalue weighted by Crippen LogP contribution is -2.58. The summed E-state index contributed by atoms with van der Waals surface area (Å²) in [6, 6.07) is 28.0. The molecule has 0 aromatic heterocycles. The summed E-state index contributed by atoms with van der Waals surface area (Å²) in [4.78, 5) is 27.6. The summed E-state index contributed by atoms with van der Waals surface area (Å²) in [6.45, 7) is 0.781. The summed E-state index contributed by atoms with van der Waals surface area (Å²) < 4.78 is 5.42. The van der Waals surface area contributed by atoms with E-state index in [-0.39, 0.29) is 13.0 Å². The Morgan fingerprint density at radius 2 is 1.50 bits per heavy atom. The van der Waals surface area contributed by atoms with E-state index in [2.05, 4.69) is 5.32 Å². The van der Waals surface area contributed by atoms with E-state index in [0.717, 1.165) is 23.2 Å². The molecule has 38 heavy (non-hydrogen) atoms. The van der Waals surface area contributed by atoms with Gasteiger partial charge in [-0.25, -0.2) is 4.79 Å². The first kappa shape index (κ1) is 28.2. The number of hydrogen-bond acceptors (Lipinski definition) is 7. The largest absolute Gasteiger partial charge is 0.445 e. The number of para-hydroxylation sites is 1. The van der Waals surface area contributed by atoms with Crippen LogP contribution >= 0.6 is 0 Å². The van der Waals surface area contributed by atoms with Crippen LogP contribution in [0, 0.1) is 10.8 Å². The van der Waals surface area contributed by atoms with E-state index in [9.17, 15) is 14.7 Å². The van der Waals surface area contributed by atoms with Crippen molar-refractivity contribution in [3.8, 4) is 0 Å². The average molecular weight is 516 g/mol. The molecule has 0 spiro atoms. The number of amides is 2. The maximum Gasteiger partial charge on any atom is 0.407 e. The molecule has 3 atom stereocenters. The van der Waals surface area contributed by atoms with Crippen LogP contribution in [0.2, 0.25) is 0 Å². The van der Waals surface area contributed by atoms with Gasteiger partial charge in [0.15, 0.2) is 0 Å². The number of hydrogen-bond donors (Lipinski definition) is 3. The predicted molar refractivity (Wildman–Crippen MR) is 143 cm³/mol. The molecule has 4 rings (SSSR count). The molecule has 0 radical (unpaired) electrons. The van der Waals surface area contributed by atoms with Gasteiger partial charge in [0.2, 0.25) is 5.91 Å². The number of aliphatic hydroxyl groups is 1. The number of carbonyl (C=O) groups excluding carboxylic acids is 2. The van der Waals surface area contributed by atoms with Gasteiger partial charge in [0.1, 0.15) is 12.1 Å². The molecule has 3 aromatic carbocycles. The fraction of sp³-hybridized carbons (Fsp3) is 0.310. The molecule has 4 N–H and O–H groups in total. The standard InChI is InChI=1S/C29H33N3O4.N2/c30-27(34)29(17-10-18-32(29)24-15-8-3-9-16-24)20-26(33)25(19-22-11-4-1-5-12-22)31-28(35)36-21-23-13-6-2-7-14-23;1-2/h1-9,11-16,25-26,33H,10,17-21H2,(H2,30,34)(H,31,35);/t25-,26+,29+;/m0./s1. The number of benzene rings is 3. The van der Waals surface area contributed by atoms with Crippen molar-refractivity contribution in [2.75, 3.05) is 11.4 Å². The zero-order chi connectivity index (χ0) is 27.4. The lowest BCUT2D eigenvalue weighted by Gasteiger charge is -2.40. The topological polar surface area (TPSA) is 152 Å². The van der Waals surface area contributed by atoms with E-state index < -0.39 is 29.7 Å². The number of nitrogens with zero attached hydrogens (tertiary/aromatic N) is 3. The quantitative estimate of drug-likeness (QED) is 0.347. The van der Waals surface area contributed by atoms with Crippen molar-refractivity contribution in [2.24, 2.45) is 5.73 Å². The van der Waals surface area contributed by atoms with Crippen LogP contribution in [0.4, 0.5) is 10.5 Å². The van der Waals surface area contributed by atoms with Crippen molar-refractivity contribution in [1.82, 2.24) is 5.32 Å². The van der Waals surface area contributed by atoms with Crippen molar-refractivity contribution in [3.05, 3.63) is 102 Å². The van der Waals surface area contributed by atoms with Crippen LogP contribution in [0.15, 0.2) is 91.0 Å². The van der Waals surface area contributed by atoms with Gasteiger partial charge < -0.3 is 25.8 Å². The molecule has 198 valence electrons. The zero-order valence-corrected chi connectivity index (χ0v) is 21.1. The van der Waals surface area contributed by atoms with E-state index in [1.165, 1.54) is 0 Å². The molecule has 3 aromatic rings. The first-order valence-electron chi connectivity index (χ1n) is 12.5. The highest BCUT2D eigenvalue weighted by molar-refractivity contribution is 5.89. The van der Waals surface area contributed by atoms with Crippen LogP contribution in [0.1, 0.15) is 30.4 Å². The van der Waals surface area contributed by atoms with Crippen LogP contribution < -0.4 is 16.0 Å². The third-order valence-corrected chi connectivity index (χ3v) is 6.84. The van der Waals surface area contributed by atoms with Crippen LogP contribution in [0.3, 0.4) is 0 Å². The van der Waals surface area contributed by atoms with E-state index in [1.54, 1.807) is 0 Å². The fourth-order valence-electron chi connectivity index (χ4n) is 4.99. The molecule has 1 aliphatic rings. The molecule has 1 saturated heterocycles. The maximum absolute atomic E-state index is 12.9. The number of primary amides is 1. The number of ether oxygens (including phenoxy) is 1. The predicted octanol–water partition coefficient (Wildman–Crippen LogP) is 3.83. The molecule has 0 saturated carbocycles. The molecule has 1 fully saturated rings. The molecule has 1 aliphatic heterocycles. The monoisotopic (exact) mass is 515 g/mol. The Bertz CT molecular complexity index is 1180. The SMILES string of the molecule is N#N.NC(=O)[C@]1(C[C@@H](O)[C@H](Cc2ccccc2)NC(=O)OCc2ccccc2)CCCN1c1ccccc1. The number of aliphatic hydroxyl groups excluding tert-OH is 1. The molecule has 0 bridgehead atoms. The van der Waals surface area contributed by atoms with Crippen LogP contribution in [0.5, 0.6) is 0 Å². The summed E-state index contributed by atoms with van der Waals surface area (Å²) in [5.41, 5.74) is 7.62. The average Bonchev–Trinajstić information content (AvgIpc) is 3.39. The van der Waals surface area contributed by atoms with Crippen molar-refractivity contribution in [1.29, 1.82) is 10.8 Å². The van der Waals surface area contributed by atoms with Crippen molar-refractivity contribution in [3.63, 3.8) is 0 Å². The number of rotatable bonds is 10. The minimum absolute atomic E-state index is 0.0910. The molecular weight excluding hydrogens is 482 g/mol. The minimum Gasteiger partial charge on any atom is -0.445 e. The summed E-state index contributed by atoms with van der Waals surface area (Å²) in [5.74, 6) is -0.479. The Morgan fingerprint density at radius 1 is 0.947 bits per heavy atom. The Balaban J connectivity index is 0.00000195. The van der Waals surface area contributed by atoms with Gasteiger partial charge in [-0.3, -0.25) is 4.79 Å². The first-order valence-corrected chi connectivity index (χ1v) is 12.5. The molecule has 9 nitrogen and oxygen atoms in total. The number of anilines is 1. The van der Waals surface area contributed by atoms with Gasteiger partial charge in [-0.05, 0) is 42.5 Å². The van der Waals surface area contributed by atoms with Crippen molar-refractivity contribution in [2.45, 2.75) is 50.0 Å². The van der Waals surface area contributed by atoms with Gasteiger partial charge in [0.05, 0.1) is 12.1 Å². The van der Waals surface area contributed by atoms with Gasteiger partial charge in [-0.1, -0.05) is 78.9 Å². The van der Waals surface area contributed by atoms with E-state index >= 15 is 0 Å². The number of nitrogens with two attached hydrogens (primary N) is 1. The molecular formula is C29H33N5O4. The van der Waals surface area contributed by atoms with Crippen molar-refractivity contribution < 1.29 is 19.4 Å². The van der Waals surface area contributed by atoms with Gasteiger partial charge in [0.25, 0.3) is 0 Å². The van der Waals surface area contributed by atoms with E-state index in [0.29, 0.717) is 19.4 Å². The minimum atomic E-state index is -1.05. The Labute approximate surface area is 222 Å². The highest BCUT2D eigenvalue weighted by atomic mass is 16.5. The number of alkyl carbamates (subject to hydrolysis) is 1. The lowest BCUT2D eigenvalue weighted by atomic mass is 9.84. The molecule has 9 heteroatoms. The lowest BCUT2D eigenvalue weighted by molar-refractivity contribution is -0.124. The van der Waals surface area contributed by atoms with Crippen molar-refractivity contribution >= 4 is 17.7 Å². The molecule has 0 aliphatic carbocycles. The number of nitrogens with one attached hydrogen (secondary N) is 1. The molecule has 1 heterocycles. The summed E-state index contributed by atoms with van der Waals surface area (Å²) in [5, 5.41) is 26.3. The molecule has 2 amide bonds. The Hall–Kier alpha value is -4.42. The van der Waals surface area contributed by atoms with Gasteiger partial charge in [0, 0.05) is 29.4 Å². The summed E-state index contributed by atoms with van der Waals surface area (Å²) in [6.07, 6.45) is 0.117.